The van der Waals surface area contributed by atoms with E-state index in [0.717, 1.165) is 18.1 Å². The molecule has 0 bridgehead atoms. The highest BCUT2D eigenvalue weighted by atomic mass is 19.3. The lowest BCUT2D eigenvalue weighted by molar-refractivity contribution is 0.00758. The molecule has 1 N–H and O–H groups in total. The number of carboxylic acid groups (broad SMARTS) is 1. The maximum absolute atomic E-state index is 13.6. The maximum Gasteiger partial charge on any atom is 0.336 e. The second kappa shape index (κ2) is 8.23. The number of nitrogens with zero attached hydrogens (tertiary/aromatic N) is 3. The van der Waals surface area contributed by atoms with E-state index >= 15 is 0 Å². The third-order valence-electron chi connectivity index (χ3n) is 4.20. The lowest BCUT2D eigenvalue weighted by Gasteiger charge is -2.08. The molecule has 29 heavy (non-hydrogen) atoms. The molecule has 2 aromatic carbocycles. The summed E-state index contributed by atoms with van der Waals surface area (Å²) >= 11 is 0. The third kappa shape index (κ3) is 4.66. The molecule has 0 spiro atoms. The van der Waals surface area contributed by atoms with Gasteiger partial charge in [0, 0.05) is 13.3 Å². The predicted molar refractivity (Wildman–Crippen MR) is 105 cm³/mol. The van der Waals surface area contributed by atoms with Crippen LogP contribution in [0, 0.1) is 11.8 Å². The number of benzene rings is 2. The summed E-state index contributed by atoms with van der Waals surface area (Å²) in [5.74, 6) is 1.07. The molecule has 0 radical (unpaired) electrons. The number of halogens is 2. The van der Waals surface area contributed by atoms with E-state index in [4.69, 9.17) is 0 Å². The van der Waals surface area contributed by atoms with E-state index in [-0.39, 0.29) is 17.9 Å². The number of aromatic nitrogens is 3. The van der Waals surface area contributed by atoms with Gasteiger partial charge in [0.15, 0.2) is 0 Å². The zero-order valence-corrected chi connectivity index (χ0v) is 16.0. The Labute approximate surface area is 167 Å². The standard InChI is InChI=1S/C22H19F2N3O2/c1-3-4-9-19-25-21(22(2,23)24)26-27(19)14-15-10-12-16(13-11-15)17-7-5-6-8-18(17)20(28)29/h5-8,10-13H,3,14H2,1-2H3,(H,28,29). The van der Waals surface area contributed by atoms with Crippen LogP contribution in [0.3, 0.4) is 0 Å². The summed E-state index contributed by atoms with van der Waals surface area (Å²) in [4.78, 5) is 15.3. The minimum absolute atomic E-state index is 0.184. The molecule has 1 aromatic heterocycles. The smallest absolute Gasteiger partial charge is 0.336 e. The zero-order chi connectivity index (χ0) is 21.0. The van der Waals surface area contributed by atoms with E-state index in [1.807, 2.05) is 6.92 Å². The zero-order valence-electron chi connectivity index (χ0n) is 16.0. The van der Waals surface area contributed by atoms with Crippen LogP contribution in [0.4, 0.5) is 8.78 Å². The number of aromatic carboxylic acids is 1. The number of hydrogen-bond acceptors (Lipinski definition) is 3. The molecule has 0 atom stereocenters. The minimum atomic E-state index is -3.15. The number of rotatable bonds is 5. The van der Waals surface area contributed by atoms with Gasteiger partial charge in [0.2, 0.25) is 11.6 Å². The van der Waals surface area contributed by atoms with Crippen molar-refractivity contribution in [2.75, 3.05) is 0 Å². The van der Waals surface area contributed by atoms with E-state index < -0.39 is 17.7 Å². The number of carboxylic acids is 1. The van der Waals surface area contributed by atoms with Gasteiger partial charge in [-0.3, -0.25) is 0 Å². The van der Waals surface area contributed by atoms with Crippen LogP contribution in [-0.4, -0.2) is 25.8 Å². The van der Waals surface area contributed by atoms with Gasteiger partial charge in [-0.05, 0) is 28.7 Å². The molecule has 0 aliphatic heterocycles. The first kappa shape index (κ1) is 20.2. The van der Waals surface area contributed by atoms with Crippen molar-refractivity contribution in [3.63, 3.8) is 0 Å². The lowest BCUT2D eigenvalue weighted by atomic mass is 9.99. The first-order valence-electron chi connectivity index (χ1n) is 9.03. The van der Waals surface area contributed by atoms with Gasteiger partial charge in [-0.2, -0.15) is 13.8 Å². The molecule has 0 amide bonds. The molecule has 3 rings (SSSR count). The Morgan fingerprint density at radius 1 is 1.17 bits per heavy atom. The molecule has 3 aromatic rings. The summed E-state index contributed by atoms with van der Waals surface area (Å²) < 4.78 is 28.6. The Morgan fingerprint density at radius 2 is 1.86 bits per heavy atom. The molecule has 0 aliphatic rings. The van der Waals surface area contributed by atoms with Crippen molar-refractivity contribution in [3.05, 3.63) is 71.3 Å². The van der Waals surface area contributed by atoms with Gasteiger partial charge < -0.3 is 5.11 Å². The van der Waals surface area contributed by atoms with Gasteiger partial charge in [-0.1, -0.05) is 55.3 Å². The summed E-state index contributed by atoms with van der Waals surface area (Å²) in [7, 11) is 0. The second-order valence-electron chi connectivity index (χ2n) is 6.51. The highest BCUT2D eigenvalue weighted by Gasteiger charge is 2.31. The fraction of sp³-hybridized carbons (Fsp3) is 0.227. The fourth-order valence-electron chi connectivity index (χ4n) is 2.78. The highest BCUT2D eigenvalue weighted by Crippen LogP contribution is 2.26. The van der Waals surface area contributed by atoms with Gasteiger partial charge in [-0.15, -0.1) is 5.10 Å². The molecular formula is C22H19F2N3O2. The maximum atomic E-state index is 13.6. The van der Waals surface area contributed by atoms with Crippen molar-refractivity contribution in [1.29, 1.82) is 0 Å². The van der Waals surface area contributed by atoms with E-state index in [1.54, 1.807) is 48.5 Å². The minimum Gasteiger partial charge on any atom is -0.478 e. The quantitative estimate of drug-likeness (QED) is 0.643. The molecule has 0 saturated heterocycles. The van der Waals surface area contributed by atoms with Crippen molar-refractivity contribution < 1.29 is 18.7 Å². The number of hydrogen-bond donors (Lipinski definition) is 1. The Hall–Kier alpha value is -3.53. The average molecular weight is 395 g/mol. The van der Waals surface area contributed by atoms with E-state index in [1.165, 1.54) is 4.68 Å². The van der Waals surface area contributed by atoms with Crippen LogP contribution in [0.25, 0.3) is 11.1 Å². The molecule has 1 heterocycles. The summed E-state index contributed by atoms with van der Waals surface area (Å²) in [6, 6.07) is 13.9. The Bertz CT molecular complexity index is 1090. The molecule has 148 valence electrons. The van der Waals surface area contributed by atoms with Crippen LogP contribution < -0.4 is 0 Å². The average Bonchev–Trinajstić information content (AvgIpc) is 3.10. The van der Waals surface area contributed by atoms with Crippen LogP contribution in [0.15, 0.2) is 48.5 Å². The van der Waals surface area contributed by atoms with Crippen molar-refractivity contribution in [2.24, 2.45) is 0 Å². The topological polar surface area (TPSA) is 68.0 Å². The van der Waals surface area contributed by atoms with E-state index in [0.29, 0.717) is 12.0 Å². The predicted octanol–water partition coefficient (Wildman–Crippen LogP) is 4.56. The highest BCUT2D eigenvalue weighted by molar-refractivity contribution is 5.95. The second-order valence-corrected chi connectivity index (χ2v) is 6.51. The van der Waals surface area contributed by atoms with Gasteiger partial charge in [0.05, 0.1) is 12.1 Å². The van der Waals surface area contributed by atoms with Crippen LogP contribution in [0.5, 0.6) is 0 Å². The first-order valence-corrected chi connectivity index (χ1v) is 9.03. The van der Waals surface area contributed by atoms with Crippen molar-refractivity contribution in [1.82, 2.24) is 14.8 Å². The lowest BCUT2D eigenvalue weighted by Crippen LogP contribution is -2.11. The van der Waals surface area contributed by atoms with Gasteiger partial charge >= 0.3 is 11.9 Å². The Morgan fingerprint density at radius 3 is 2.48 bits per heavy atom. The molecule has 5 nitrogen and oxygen atoms in total. The van der Waals surface area contributed by atoms with Crippen LogP contribution in [0.1, 0.15) is 47.8 Å². The van der Waals surface area contributed by atoms with Gasteiger partial charge in [-0.25, -0.2) is 9.48 Å². The van der Waals surface area contributed by atoms with Crippen LogP contribution in [-0.2, 0) is 12.5 Å². The SMILES string of the molecule is CCC#Cc1nc(C(C)(F)F)nn1Cc1ccc(-c2ccccc2C(=O)O)cc1. The van der Waals surface area contributed by atoms with Gasteiger partial charge in [0.25, 0.3) is 0 Å². The molecule has 0 aliphatic carbocycles. The number of alkyl halides is 2. The third-order valence-corrected chi connectivity index (χ3v) is 4.20. The van der Waals surface area contributed by atoms with Crippen LogP contribution in [0.2, 0.25) is 0 Å². The summed E-state index contributed by atoms with van der Waals surface area (Å²) in [6.45, 7) is 2.83. The van der Waals surface area contributed by atoms with Crippen molar-refractivity contribution in [2.45, 2.75) is 32.7 Å². The Balaban J connectivity index is 1.91. The van der Waals surface area contributed by atoms with E-state index in [9.17, 15) is 18.7 Å². The first-order chi connectivity index (χ1) is 13.8. The molecule has 7 heteroatoms. The fourth-order valence-corrected chi connectivity index (χ4v) is 2.78. The normalized spacial score (nSPS) is 11.0. The molecule has 0 unspecified atom stereocenters. The van der Waals surface area contributed by atoms with Crippen molar-refractivity contribution >= 4 is 5.97 Å². The summed E-state index contributed by atoms with van der Waals surface area (Å²) in [5, 5.41) is 13.3. The van der Waals surface area contributed by atoms with Crippen LogP contribution >= 0.6 is 0 Å². The molecular weight excluding hydrogens is 376 g/mol. The number of carbonyl (C=O) groups is 1. The van der Waals surface area contributed by atoms with E-state index in [2.05, 4.69) is 21.9 Å². The monoisotopic (exact) mass is 395 g/mol. The summed E-state index contributed by atoms with van der Waals surface area (Å²) in [6.07, 6.45) is 0.572. The molecule has 0 saturated carbocycles. The molecule has 0 fully saturated rings. The van der Waals surface area contributed by atoms with Crippen molar-refractivity contribution in [3.8, 4) is 23.0 Å². The summed E-state index contributed by atoms with van der Waals surface area (Å²) in [5.41, 5.74) is 2.37. The Kier molecular flexibility index (Phi) is 5.74. The van der Waals surface area contributed by atoms with Gasteiger partial charge in [0.1, 0.15) is 0 Å². The largest absolute Gasteiger partial charge is 0.478 e.